The fourth-order valence-corrected chi connectivity index (χ4v) is 3.77. The highest BCUT2D eigenvalue weighted by atomic mass is 16.4. The Morgan fingerprint density at radius 2 is 1.95 bits per heavy atom. The first-order valence-corrected chi connectivity index (χ1v) is 8.33. The Morgan fingerprint density at radius 1 is 1.19 bits per heavy atom. The molecule has 5 heteroatoms. The lowest BCUT2D eigenvalue weighted by molar-refractivity contribution is -0.152. The molecule has 2 aliphatic rings. The summed E-state index contributed by atoms with van der Waals surface area (Å²) in [5.74, 6) is -0.756. The third-order valence-electron chi connectivity index (χ3n) is 5.32. The number of carboxylic acid groups (broad SMARTS) is 1. The highest BCUT2D eigenvalue weighted by Gasteiger charge is 2.43. The Bertz CT molecular complexity index is 399. The smallest absolute Gasteiger partial charge is 0.320 e. The minimum absolute atomic E-state index is 0.0559. The highest BCUT2D eigenvalue weighted by molar-refractivity contribution is 5.79. The lowest BCUT2D eigenvalue weighted by Gasteiger charge is -2.44. The van der Waals surface area contributed by atoms with Crippen LogP contribution in [0.5, 0.6) is 0 Å². The molecule has 2 rings (SSSR count). The lowest BCUT2D eigenvalue weighted by Crippen LogP contribution is -2.56. The van der Waals surface area contributed by atoms with Crippen LogP contribution in [0.25, 0.3) is 0 Å². The Balaban J connectivity index is 2.09. The van der Waals surface area contributed by atoms with Gasteiger partial charge in [0.25, 0.3) is 0 Å². The first-order valence-electron chi connectivity index (χ1n) is 8.33. The van der Waals surface area contributed by atoms with E-state index < -0.39 is 11.4 Å². The van der Waals surface area contributed by atoms with Gasteiger partial charge in [-0.05, 0) is 44.9 Å². The van der Waals surface area contributed by atoms with Crippen LogP contribution in [0.15, 0.2) is 0 Å². The molecule has 0 saturated carbocycles. The fourth-order valence-electron chi connectivity index (χ4n) is 3.77. The number of amides is 2. The summed E-state index contributed by atoms with van der Waals surface area (Å²) >= 11 is 0. The summed E-state index contributed by atoms with van der Waals surface area (Å²) in [7, 11) is 0. The van der Waals surface area contributed by atoms with Crippen molar-refractivity contribution in [1.82, 2.24) is 9.80 Å². The van der Waals surface area contributed by atoms with Gasteiger partial charge in [0.15, 0.2) is 0 Å². The molecule has 2 aliphatic heterocycles. The largest absolute Gasteiger partial charge is 0.481 e. The Kier molecular flexibility index (Phi) is 5.12. The number of urea groups is 1. The van der Waals surface area contributed by atoms with E-state index in [1.807, 2.05) is 11.8 Å². The van der Waals surface area contributed by atoms with Crippen LogP contribution in [0, 0.1) is 5.41 Å². The number of carboxylic acids is 1. The van der Waals surface area contributed by atoms with Crippen molar-refractivity contribution in [3.8, 4) is 0 Å². The summed E-state index contributed by atoms with van der Waals surface area (Å²) in [5.41, 5.74) is -0.745. The monoisotopic (exact) mass is 296 g/mol. The predicted octanol–water partition coefficient (Wildman–Crippen LogP) is 2.95. The molecular formula is C16H28N2O3. The van der Waals surface area contributed by atoms with E-state index in [0.29, 0.717) is 32.0 Å². The van der Waals surface area contributed by atoms with E-state index >= 15 is 0 Å². The van der Waals surface area contributed by atoms with Crippen molar-refractivity contribution in [2.45, 2.75) is 64.8 Å². The molecule has 0 spiro atoms. The van der Waals surface area contributed by atoms with Gasteiger partial charge in [0.05, 0.1) is 5.41 Å². The number of carbonyl (C=O) groups is 2. The number of nitrogens with zero attached hydrogens (tertiary/aromatic N) is 2. The maximum Gasteiger partial charge on any atom is 0.320 e. The second kappa shape index (κ2) is 6.67. The lowest BCUT2D eigenvalue weighted by atomic mass is 9.78. The maximum atomic E-state index is 12.8. The van der Waals surface area contributed by atoms with Crippen LogP contribution >= 0.6 is 0 Å². The van der Waals surface area contributed by atoms with Crippen LogP contribution in [-0.2, 0) is 4.79 Å². The Hall–Kier alpha value is -1.26. The van der Waals surface area contributed by atoms with Gasteiger partial charge in [-0.1, -0.05) is 13.8 Å². The molecule has 120 valence electrons. The van der Waals surface area contributed by atoms with E-state index in [1.54, 1.807) is 4.90 Å². The second-order valence-electron chi connectivity index (χ2n) is 6.50. The molecule has 0 aromatic heterocycles. The van der Waals surface area contributed by atoms with Crippen molar-refractivity contribution >= 4 is 12.0 Å². The van der Waals surface area contributed by atoms with Crippen molar-refractivity contribution in [1.29, 1.82) is 0 Å². The first-order chi connectivity index (χ1) is 10.0. The number of aliphatic carboxylic acids is 1. The maximum absolute atomic E-state index is 12.8. The van der Waals surface area contributed by atoms with E-state index in [1.165, 1.54) is 6.42 Å². The third kappa shape index (κ3) is 3.16. The molecule has 2 amide bonds. The van der Waals surface area contributed by atoms with E-state index in [-0.39, 0.29) is 6.03 Å². The molecule has 0 aromatic rings. The number of likely N-dealkylation sites (tertiary alicyclic amines) is 2. The zero-order valence-corrected chi connectivity index (χ0v) is 13.3. The van der Waals surface area contributed by atoms with Crippen molar-refractivity contribution in [2.75, 3.05) is 19.6 Å². The zero-order chi connectivity index (χ0) is 15.5. The van der Waals surface area contributed by atoms with Gasteiger partial charge in [0, 0.05) is 25.7 Å². The standard InChI is InChI=1S/C16H28N2O3/c1-3-13-8-5-6-11-18(13)15(21)17-10-7-9-16(4-2,12-17)14(19)20/h13H,3-12H2,1-2H3,(H,19,20). The van der Waals surface area contributed by atoms with Gasteiger partial charge in [-0.3, -0.25) is 4.79 Å². The van der Waals surface area contributed by atoms with Crippen LogP contribution in [-0.4, -0.2) is 52.6 Å². The van der Waals surface area contributed by atoms with Gasteiger partial charge in [0.1, 0.15) is 0 Å². The van der Waals surface area contributed by atoms with Crippen molar-refractivity contribution in [2.24, 2.45) is 5.41 Å². The summed E-state index contributed by atoms with van der Waals surface area (Å²) in [6, 6.07) is 0.384. The topological polar surface area (TPSA) is 60.9 Å². The van der Waals surface area contributed by atoms with Crippen LogP contribution in [0.2, 0.25) is 0 Å². The van der Waals surface area contributed by atoms with Crippen molar-refractivity contribution in [3.63, 3.8) is 0 Å². The summed E-state index contributed by atoms with van der Waals surface area (Å²) in [6.07, 6.45) is 6.37. The summed E-state index contributed by atoms with van der Waals surface area (Å²) in [6.45, 7) is 5.92. The summed E-state index contributed by atoms with van der Waals surface area (Å²) in [4.78, 5) is 28.2. The average Bonchev–Trinajstić information content (AvgIpc) is 2.53. The van der Waals surface area contributed by atoms with Gasteiger partial charge < -0.3 is 14.9 Å². The molecule has 2 fully saturated rings. The minimum Gasteiger partial charge on any atom is -0.481 e. The molecule has 5 nitrogen and oxygen atoms in total. The van der Waals surface area contributed by atoms with Gasteiger partial charge in [-0.2, -0.15) is 0 Å². The SMILES string of the molecule is CCC1CCCCN1C(=O)N1CCCC(CC)(C(=O)O)C1. The molecule has 0 aliphatic carbocycles. The van der Waals surface area contributed by atoms with Crippen LogP contribution in [0.1, 0.15) is 58.8 Å². The third-order valence-corrected chi connectivity index (χ3v) is 5.32. The predicted molar refractivity (Wildman–Crippen MR) is 81.2 cm³/mol. The highest BCUT2D eigenvalue weighted by Crippen LogP contribution is 2.34. The number of piperidine rings is 2. The molecule has 0 radical (unpaired) electrons. The molecule has 2 unspecified atom stereocenters. The van der Waals surface area contributed by atoms with E-state index in [4.69, 9.17) is 0 Å². The molecule has 2 heterocycles. The van der Waals surface area contributed by atoms with Crippen molar-refractivity contribution in [3.05, 3.63) is 0 Å². The molecule has 2 saturated heterocycles. The Labute approximate surface area is 127 Å². The quantitative estimate of drug-likeness (QED) is 0.871. The normalized spacial score (nSPS) is 30.3. The summed E-state index contributed by atoms with van der Waals surface area (Å²) < 4.78 is 0. The van der Waals surface area contributed by atoms with E-state index in [2.05, 4.69) is 6.92 Å². The number of rotatable bonds is 3. The van der Waals surface area contributed by atoms with Crippen LogP contribution < -0.4 is 0 Å². The van der Waals surface area contributed by atoms with Gasteiger partial charge in [-0.25, -0.2) is 4.79 Å². The molecular weight excluding hydrogens is 268 g/mol. The summed E-state index contributed by atoms with van der Waals surface area (Å²) in [5, 5.41) is 9.55. The number of hydrogen-bond acceptors (Lipinski definition) is 2. The minimum atomic E-state index is -0.756. The molecule has 0 aromatic carbocycles. The average molecular weight is 296 g/mol. The molecule has 2 atom stereocenters. The Morgan fingerprint density at radius 3 is 2.57 bits per heavy atom. The number of carbonyl (C=O) groups excluding carboxylic acids is 1. The van der Waals surface area contributed by atoms with Gasteiger partial charge in [-0.15, -0.1) is 0 Å². The van der Waals surface area contributed by atoms with Gasteiger partial charge in [0.2, 0.25) is 0 Å². The van der Waals surface area contributed by atoms with Gasteiger partial charge >= 0.3 is 12.0 Å². The van der Waals surface area contributed by atoms with E-state index in [0.717, 1.165) is 32.2 Å². The fraction of sp³-hybridized carbons (Fsp3) is 0.875. The van der Waals surface area contributed by atoms with Crippen LogP contribution in [0.3, 0.4) is 0 Å². The zero-order valence-electron chi connectivity index (χ0n) is 13.3. The molecule has 1 N–H and O–H groups in total. The number of hydrogen-bond donors (Lipinski definition) is 1. The second-order valence-corrected chi connectivity index (χ2v) is 6.50. The molecule has 21 heavy (non-hydrogen) atoms. The first kappa shape index (κ1) is 16.1. The van der Waals surface area contributed by atoms with E-state index in [9.17, 15) is 14.7 Å². The van der Waals surface area contributed by atoms with Crippen molar-refractivity contribution < 1.29 is 14.7 Å². The molecule has 0 bridgehead atoms. The van der Waals surface area contributed by atoms with Crippen LogP contribution in [0.4, 0.5) is 4.79 Å².